The van der Waals surface area contributed by atoms with Gasteiger partial charge in [0.2, 0.25) is 0 Å². The van der Waals surface area contributed by atoms with Gasteiger partial charge in [-0.1, -0.05) is 136 Å². The van der Waals surface area contributed by atoms with E-state index in [2.05, 4.69) is 27.7 Å². The summed E-state index contributed by atoms with van der Waals surface area (Å²) in [5, 5.41) is 9.17. The molecule has 4 heteroatoms. The zero-order valence-electron chi connectivity index (χ0n) is 25.4. The van der Waals surface area contributed by atoms with E-state index in [0.29, 0.717) is 19.0 Å². The Kier molecular flexibility index (Phi) is 21.0. The van der Waals surface area contributed by atoms with Gasteiger partial charge in [0.1, 0.15) is 0 Å². The van der Waals surface area contributed by atoms with Gasteiger partial charge in [0, 0.05) is 0 Å². The average molecular weight is 533 g/mol. The summed E-state index contributed by atoms with van der Waals surface area (Å²) in [5.41, 5.74) is 0.755. The first-order valence-electron chi connectivity index (χ1n) is 16.0. The molecule has 1 aromatic rings. The van der Waals surface area contributed by atoms with Crippen molar-refractivity contribution in [3.05, 3.63) is 23.8 Å². The second kappa shape index (κ2) is 23.2. The molecule has 0 atom stereocenters. The quantitative estimate of drug-likeness (QED) is 0.121. The molecule has 0 aliphatic rings. The van der Waals surface area contributed by atoms with Gasteiger partial charge in [-0.3, -0.25) is 4.79 Å². The lowest BCUT2D eigenvalue weighted by molar-refractivity contribution is -0.136. The highest BCUT2D eigenvalue weighted by Crippen LogP contribution is 2.29. The molecular weight excluding hydrogens is 472 g/mol. The van der Waals surface area contributed by atoms with Gasteiger partial charge in [-0.05, 0) is 42.4 Å². The first-order valence-corrected chi connectivity index (χ1v) is 16.0. The largest absolute Gasteiger partial charge is 0.490 e. The van der Waals surface area contributed by atoms with Gasteiger partial charge in [-0.25, -0.2) is 0 Å². The molecule has 0 aliphatic carbocycles. The van der Waals surface area contributed by atoms with Crippen LogP contribution in [-0.4, -0.2) is 24.3 Å². The van der Waals surface area contributed by atoms with Crippen molar-refractivity contribution in [3.8, 4) is 11.5 Å². The number of hydrogen-bond donors (Lipinski definition) is 1. The minimum atomic E-state index is -0.825. The second-order valence-electron chi connectivity index (χ2n) is 12.1. The number of ether oxygens (including phenoxy) is 2. The van der Waals surface area contributed by atoms with E-state index in [1.165, 1.54) is 103 Å². The number of carboxylic acid groups (broad SMARTS) is 1. The van der Waals surface area contributed by atoms with Crippen LogP contribution in [-0.2, 0) is 11.2 Å². The van der Waals surface area contributed by atoms with Crippen LogP contribution in [0, 0.1) is 11.8 Å². The van der Waals surface area contributed by atoms with Crippen molar-refractivity contribution < 1.29 is 19.4 Å². The van der Waals surface area contributed by atoms with Gasteiger partial charge >= 0.3 is 5.97 Å². The third-order valence-corrected chi connectivity index (χ3v) is 7.23. The standard InChI is InChI=1S/C34H60O4/c1-29(2)21-17-13-9-5-7-11-15-19-25-37-32-24-23-31(28-34(35)36)27-33(32)38-26-20-16-12-8-6-10-14-18-22-30(3)4/h23-24,27,29-30H,5-22,25-26,28H2,1-4H3,(H,35,36). The molecule has 220 valence electrons. The lowest BCUT2D eigenvalue weighted by Crippen LogP contribution is -2.05. The van der Waals surface area contributed by atoms with Crippen molar-refractivity contribution in [1.82, 2.24) is 0 Å². The summed E-state index contributed by atoms with van der Waals surface area (Å²) in [7, 11) is 0. The highest BCUT2D eigenvalue weighted by molar-refractivity contribution is 5.70. The number of benzene rings is 1. The molecule has 1 aromatic carbocycles. The Bertz CT molecular complexity index is 698. The van der Waals surface area contributed by atoms with Crippen LogP contribution in [0.4, 0.5) is 0 Å². The summed E-state index contributed by atoms with van der Waals surface area (Å²) in [4.78, 5) is 11.2. The minimum Gasteiger partial charge on any atom is -0.490 e. The summed E-state index contributed by atoms with van der Waals surface area (Å²) in [6, 6.07) is 5.57. The monoisotopic (exact) mass is 532 g/mol. The Morgan fingerprint density at radius 3 is 1.42 bits per heavy atom. The maximum atomic E-state index is 11.2. The SMILES string of the molecule is CC(C)CCCCCCCCCCOc1ccc(CC(=O)O)cc1OCCCCCCCCCCC(C)C. The zero-order chi connectivity index (χ0) is 27.8. The van der Waals surface area contributed by atoms with Crippen LogP contribution in [0.15, 0.2) is 18.2 Å². The normalized spacial score (nSPS) is 11.4. The number of aliphatic carboxylic acids is 1. The number of carboxylic acids is 1. The maximum Gasteiger partial charge on any atom is 0.307 e. The molecule has 0 fully saturated rings. The average Bonchev–Trinajstić information content (AvgIpc) is 2.86. The van der Waals surface area contributed by atoms with Crippen LogP contribution in [0.5, 0.6) is 11.5 Å². The molecule has 0 saturated heterocycles. The molecule has 1 rings (SSSR count). The van der Waals surface area contributed by atoms with Gasteiger partial charge in [0.25, 0.3) is 0 Å². The van der Waals surface area contributed by atoms with E-state index in [9.17, 15) is 9.90 Å². The van der Waals surface area contributed by atoms with E-state index in [1.54, 1.807) is 0 Å². The first-order chi connectivity index (χ1) is 18.4. The van der Waals surface area contributed by atoms with Crippen LogP contribution in [0.2, 0.25) is 0 Å². The Labute approximate surface area is 235 Å². The minimum absolute atomic E-state index is 0.00524. The second-order valence-corrected chi connectivity index (χ2v) is 12.1. The molecular formula is C34H60O4. The molecule has 38 heavy (non-hydrogen) atoms. The van der Waals surface area contributed by atoms with Crippen LogP contribution in [0.25, 0.3) is 0 Å². The van der Waals surface area contributed by atoms with E-state index in [4.69, 9.17) is 9.47 Å². The summed E-state index contributed by atoms with van der Waals surface area (Å²) in [5.74, 6) is 2.27. The molecule has 0 unspecified atom stereocenters. The fraction of sp³-hybridized carbons (Fsp3) is 0.794. The van der Waals surface area contributed by atoms with Gasteiger partial charge in [0.15, 0.2) is 11.5 Å². The molecule has 0 aliphatic heterocycles. The maximum absolute atomic E-state index is 11.2. The molecule has 4 nitrogen and oxygen atoms in total. The van der Waals surface area contributed by atoms with Crippen molar-refractivity contribution in [2.24, 2.45) is 11.8 Å². The lowest BCUT2D eigenvalue weighted by atomic mass is 10.0. The van der Waals surface area contributed by atoms with Crippen molar-refractivity contribution in [3.63, 3.8) is 0 Å². The Morgan fingerprint density at radius 1 is 0.605 bits per heavy atom. The highest BCUT2D eigenvalue weighted by Gasteiger charge is 2.09. The van der Waals surface area contributed by atoms with Gasteiger partial charge in [0.05, 0.1) is 19.6 Å². The Hall–Kier alpha value is -1.71. The highest BCUT2D eigenvalue weighted by atomic mass is 16.5. The predicted octanol–water partition coefficient (Wildman–Crippen LogP) is 10.4. The van der Waals surface area contributed by atoms with E-state index >= 15 is 0 Å². The van der Waals surface area contributed by atoms with E-state index in [1.807, 2.05) is 18.2 Å². The van der Waals surface area contributed by atoms with Gasteiger partial charge in [-0.2, -0.15) is 0 Å². The molecule has 0 radical (unpaired) electrons. The molecule has 0 bridgehead atoms. The number of carbonyl (C=O) groups is 1. The summed E-state index contributed by atoms with van der Waals surface area (Å²) in [6.07, 6.45) is 23.2. The van der Waals surface area contributed by atoms with Crippen LogP contribution >= 0.6 is 0 Å². The molecule has 0 heterocycles. The molecule has 0 saturated carbocycles. The van der Waals surface area contributed by atoms with E-state index < -0.39 is 5.97 Å². The Morgan fingerprint density at radius 2 is 1.00 bits per heavy atom. The van der Waals surface area contributed by atoms with Crippen LogP contribution in [0.1, 0.15) is 149 Å². The molecule has 1 N–H and O–H groups in total. The summed E-state index contributed by atoms with van der Waals surface area (Å²) in [6.45, 7) is 10.6. The number of rotatable bonds is 26. The van der Waals surface area contributed by atoms with Gasteiger partial charge < -0.3 is 14.6 Å². The van der Waals surface area contributed by atoms with Crippen LogP contribution in [0.3, 0.4) is 0 Å². The molecule has 0 spiro atoms. The molecule has 0 aromatic heterocycles. The van der Waals surface area contributed by atoms with Gasteiger partial charge in [-0.15, -0.1) is 0 Å². The zero-order valence-corrected chi connectivity index (χ0v) is 25.4. The summed E-state index contributed by atoms with van der Waals surface area (Å²) >= 11 is 0. The third kappa shape index (κ3) is 20.3. The van der Waals surface area contributed by atoms with E-state index in [-0.39, 0.29) is 6.42 Å². The predicted molar refractivity (Wildman–Crippen MR) is 162 cm³/mol. The Balaban J connectivity index is 2.24. The fourth-order valence-corrected chi connectivity index (χ4v) is 4.86. The topological polar surface area (TPSA) is 55.8 Å². The van der Waals surface area contributed by atoms with Crippen LogP contribution < -0.4 is 9.47 Å². The number of hydrogen-bond acceptors (Lipinski definition) is 3. The smallest absolute Gasteiger partial charge is 0.307 e. The fourth-order valence-electron chi connectivity index (χ4n) is 4.86. The number of unbranched alkanes of at least 4 members (excludes halogenated alkanes) is 14. The summed E-state index contributed by atoms with van der Waals surface area (Å²) < 4.78 is 12.1. The van der Waals surface area contributed by atoms with Crippen molar-refractivity contribution in [1.29, 1.82) is 0 Å². The molecule has 0 amide bonds. The first kappa shape index (κ1) is 34.3. The van der Waals surface area contributed by atoms with Crippen molar-refractivity contribution in [2.45, 2.75) is 150 Å². The van der Waals surface area contributed by atoms with E-state index in [0.717, 1.165) is 36.0 Å². The lowest BCUT2D eigenvalue weighted by Gasteiger charge is -2.14. The van der Waals surface area contributed by atoms with Crippen molar-refractivity contribution >= 4 is 5.97 Å². The third-order valence-electron chi connectivity index (χ3n) is 7.23. The van der Waals surface area contributed by atoms with Crippen molar-refractivity contribution in [2.75, 3.05) is 13.2 Å².